The number of hydrogen-bond donors (Lipinski definition) is 0. The largest absolute Gasteiger partial charge is 0.465 e. The van der Waals surface area contributed by atoms with Crippen LogP contribution in [0.4, 0.5) is 30.2 Å². The molecule has 0 spiro atoms. The van der Waals surface area contributed by atoms with E-state index in [1.165, 1.54) is 6.92 Å². The summed E-state index contributed by atoms with van der Waals surface area (Å²) in [7, 11) is 2.25. The number of halogens is 8. The average molecular weight is 856 g/mol. The smallest absolute Gasteiger partial charge is 0.339 e. The second-order valence-electron chi connectivity index (χ2n) is 8.89. The monoisotopic (exact) mass is 853 g/mol. The van der Waals surface area contributed by atoms with Crippen LogP contribution in [0.25, 0.3) is 0 Å². The highest BCUT2D eigenvalue weighted by Crippen LogP contribution is 2.31. The lowest BCUT2D eigenvalue weighted by molar-refractivity contribution is -0.386. The lowest BCUT2D eigenvalue weighted by Gasteiger charge is -2.06. The summed E-state index contributed by atoms with van der Waals surface area (Å²) in [6.45, 7) is 1.20. The first-order chi connectivity index (χ1) is 23.1. The van der Waals surface area contributed by atoms with E-state index in [1.54, 1.807) is 0 Å². The molecule has 0 N–H and O–H groups in total. The third-order valence-corrected chi connectivity index (χ3v) is 6.39. The van der Waals surface area contributed by atoms with E-state index in [9.17, 15) is 57.9 Å². The van der Waals surface area contributed by atoms with Crippen LogP contribution >= 0.6 is 62.3 Å². The van der Waals surface area contributed by atoms with Gasteiger partial charge in [0, 0.05) is 10.9 Å². The van der Waals surface area contributed by atoms with Crippen molar-refractivity contribution in [1.82, 2.24) is 0 Å². The highest BCUT2D eigenvalue weighted by molar-refractivity contribution is 9.08. The molecule has 1 heterocycles. The zero-order chi connectivity index (χ0) is 38.7. The number of cyclic esters (lactones) is 1. The van der Waals surface area contributed by atoms with Gasteiger partial charge in [-0.3, -0.25) is 30.3 Å². The fraction of sp³-hybridized carbons (Fsp3) is 0.222. The number of fused-ring (bicyclic) bond motifs is 1. The fourth-order valence-electron chi connectivity index (χ4n) is 3.73. The average Bonchev–Trinajstić information content (AvgIpc) is 3.39. The van der Waals surface area contributed by atoms with E-state index >= 15 is 0 Å². The molecule has 3 aromatic carbocycles. The predicted octanol–water partition coefficient (Wildman–Crippen LogP) is 8.20. The number of rotatable bonds is 6. The molecule has 1 aliphatic rings. The van der Waals surface area contributed by atoms with Gasteiger partial charge in [0.2, 0.25) is 0 Å². The first-order valence-corrected chi connectivity index (χ1v) is 15.2. The Morgan fingerprint density at radius 2 is 1.20 bits per heavy atom. The van der Waals surface area contributed by atoms with E-state index in [2.05, 4.69) is 30.1 Å². The molecule has 15 nitrogen and oxygen atoms in total. The lowest BCUT2D eigenvalue weighted by Crippen LogP contribution is -2.08. The van der Waals surface area contributed by atoms with Crippen LogP contribution in [0.5, 0.6) is 0 Å². The summed E-state index contributed by atoms with van der Waals surface area (Å²) in [4.78, 5) is 62.9. The van der Waals surface area contributed by atoms with Crippen molar-refractivity contribution in [3.63, 3.8) is 0 Å². The summed E-state index contributed by atoms with van der Waals surface area (Å²) in [6.07, 6.45) is 0. The van der Waals surface area contributed by atoms with E-state index in [-0.39, 0.29) is 45.3 Å². The topological polar surface area (TPSA) is 208 Å². The van der Waals surface area contributed by atoms with E-state index < -0.39 is 70.4 Å². The first-order valence-electron chi connectivity index (χ1n) is 12.6. The van der Waals surface area contributed by atoms with Crippen molar-refractivity contribution >= 4 is 97.3 Å². The van der Waals surface area contributed by atoms with Gasteiger partial charge in [0.1, 0.15) is 24.1 Å². The first kappa shape index (κ1) is 43.7. The molecule has 0 unspecified atom stereocenters. The molecular formula is C27H19BrCl4F3N3O12. The Bertz CT molecular complexity index is 1820. The van der Waals surface area contributed by atoms with Crippen LogP contribution in [-0.4, -0.2) is 50.1 Å². The Hall–Kier alpha value is -4.30. The number of esters is 3. The quantitative estimate of drug-likeness (QED) is 0.0756. The molecule has 0 aliphatic carbocycles. The van der Waals surface area contributed by atoms with Crippen LogP contribution in [0.15, 0.2) is 36.4 Å². The number of methoxy groups -OCH3 is 2. The molecule has 4 rings (SSSR count). The van der Waals surface area contributed by atoms with Gasteiger partial charge in [-0.15, -0.1) is 0 Å². The van der Waals surface area contributed by atoms with E-state index in [1.807, 2.05) is 0 Å². The van der Waals surface area contributed by atoms with Crippen LogP contribution in [0.2, 0.25) is 0 Å². The number of ether oxygens (including phenoxy) is 3. The molecule has 0 aromatic heterocycles. The lowest BCUT2D eigenvalue weighted by atomic mass is 10.1. The van der Waals surface area contributed by atoms with Gasteiger partial charge in [-0.25, -0.2) is 27.6 Å². The number of nitrogens with zero attached hydrogens (tertiary/aromatic N) is 3. The number of hydrogen-bond acceptors (Lipinski definition) is 12. The molecule has 1 aliphatic heterocycles. The van der Waals surface area contributed by atoms with Gasteiger partial charge in [-0.1, -0.05) is 62.3 Å². The van der Waals surface area contributed by atoms with Crippen molar-refractivity contribution in [3.8, 4) is 0 Å². The molecule has 0 saturated carbocycles. The normalized spacial score (nSPS) is 11.1. The van der Waals surface area contributed by atoms with Crippen molar-refractivity contribution in [2.75, 3.05) is 14.2 Å². The second-order valence-corrected chi connectivity index (χ2v) is 12.9. The number of carbonyl (C=O) groups is 3. The second kappa shape index (κ2) is 19.2. The summed E-state index contributed by atoms with van der Waals surface area (Å²) >= 11 is 22.3. The Balaban J connectivity index is 0.000000351. The molecule has 0 amide bonds. The molecule has 0 atom stereocenters. The van der Waals surface area contributed by atoms with Crippen molar-refractivity contribution in [1.29, 1.82) is 0 Å². The van der Waals surface area contributed by atoms with E-state index in [4.69, 9.17) is 46.4 Å². The maximum Gasteiger partial charge on any atom is 0.339 e. The molecule has 0 saturated heterocycles. The van der Waals surface area contributed by atoms with Gasteiger partial charge in [0.15, 0.2) is 0 Å². The van der Waals surface area contributed by atoms with Gasteiger partial charge in [0.05, 0.1) is 75.0 Å². The van der Waals surface area contributed by atoms with Gasteiger partial charge in [-0.2, -0.15) is 0 Å². The van der Waals surface area contributed by atoms with Crippen molar-refractivity contribution in [2.24, 2.45) is 0 Å². The van der Waals surface area contributed by atoms with Crippen LogP contribution in [-0.2, 0) is 26.1 Å². The Kier molecular flexibility index (Phi) is 16.8. The zero-order valence-electron chi connectivity index (χ0n) is 25.1. The van der Waals surface area contributed by atoms with Gasteiger partial charge in [-0.05, 0) is 25.1 Å². The molecule has 0 fully saturated rings. The molecule has 3 aromatic rings. The number of alkyl halides is 5. The summed E-state index contributed by atoms with van der Waals surface area (Å²) in [6, 6.07) is 5.08. The van der Waals surface area contributed by atoms with E-state index in [0.717, 1.165) is 50.6 Å². The van der Waals surface area contributed by atoms with Crippen LogP contribution in [0, 0.1) is 54.7 Å². The van der Waals surface area contributed by atoms with Gasteiger partial charge in [0.25, 0.3) is 20.3 Å². The zero-order valence-corrected chi connectivity index (χ0v) is 29.8. The minimum atomic E-state index is -1.61. The Morgan fingerprint density at radius 3 is 1.64 bits per heavy atom. The molecule has 23 heteroatoms. The predicted molar refractivity (Wildman–Crippen MR) is 174 cm³/mol. The number of carbonyl (C=O) groups excluding carboxylic acids is 3. The highest BCUT2D eigenvalue weighted by Gasteiger charge is 2.30. The van der Waals surface area contributed by atoms with Crippen LogP contribution < -0.4 is 0 Å². The van der Waals surface area contributed by atoms with Crippen molar-refractivity contribution in [3.05, 3.63) is 118 Å². The third kappa shape index (κ3) is 12.9. The molecule has 0 bridgehead atoms. The molecular weight excluding hydrogens is 837 g/mol. The molecule has 0 radical (unpaired) electrons. The number of benzene rings is 3. The van der Waals surface area contributed by atoms with Crippen molar-refractivity contribution in [2.45, 2.75) is 22.1 Å². The Morgan fingerprint density at radius 1 is 0.800 bits per heavy atom. The third-order valence-electron chi connectivity index (χ3n) is 5.83. The maximum absolute atomic E-state index is 13.1. The molecule has 50 heavy (non-hydrogen) atoms. The minimum Gasteiger partial charge on any atom is -0.465 e. The minimum absolute atomic E-state index is 0.0586. The maximum atomic E-state index is 13.1. The number of nitro benzene ring substituents is 3. The fourth-order valence-corrected chi connectivity index (χ4v) is 4.32. The number of nitro groups is 3. The van der Waals surface area contributed by atoms with Gasteiger partial charge >= 0.3 is 17.9 Å². The molecule has 270 valence electrons. The summed E-state index contributed by atoms with van der Waals surface area (Å²) in [5.74, 6) is -4.83. The highest BCUT2D eigenvalue weighted by atomic mass is 79.9. The van der Waals surface area contributed by atoms with Crippen molar-refractivity contribution < 1.29 is 56.5 Å². The van der Waals surface area contributed by atoms with Crippen LogP contribution in [0.3, 0.4) is 0 Å². The van der Waals surface area contributed by atoms with Crippen LogP contribution in [0.1, 0.15) is 47.8 Å². The summed E-state index contributed by atoms with van der Waals surface area (Å²) < 4.78 is 50.6. The SMILES string of the molecule is COC(=O)c1cc(F)cc([N+](=O)[O-])c1C.COC(=O)c1cc(F)cc([N+](=O)[O-])c1CBr.ClC(Cl)(Cl)Cl.O=C1OCc2c1cc(F)cc2[N+](=O)[O-]. The Labute approximate surface area is 306 Å². The summed E-state index contributed by atoms with van der Waals surface area (Å²) in [5.41, 5.74) is -1.31. The van der Waals surface area contributed by atoms with Gasteiger partial charge < -0.3 is 14.2 Å². The standard InChI is InChI=1S/C9H7BrFNO4.C9H8FNO4.C8H4FNO4.CCl4/c1-16-9(13)6-2-5(11)3-8(12(14)15)7(6)4-10;1-5-7(9(12)15-2)3-6(10)4-8(5)11(13)14;9-4-1-5-6(3-14-8(5)11)7(2-4)10(12)13;2-1(3,4)5/h2-3H,4H2,1H3;3-4H,1-2H3;1-2H,3H2;. The summed E-state index contributed by atoms with van der Waals surface area (Å²) in [5, 5.41) is 31.7. The van der Waals surface area contributed by atoms with E-state index in [0.29, 0.717) is 0 Å².